The second kappa shape index (κ2) is 11.5. The van der Waals surface area contributed by atoms with Gasteiger partial charge in [-0.1, -0.05) is 36.4 Å². The monoisotopic (exact) mass is 477 g/mol. The second-order valence-corrected chi connectivity index (χ2v) is 8.82. The van der Waals surface area contributed by atoms with Crippen molar-refractivity contribution in [3.8, 4) is 5.75 Å². The van der Waals surface area contributed by atoms with Gasteiger partial charge in [0, 0.05) is 31.6 Å². The lowest BCUT2D eigenvalue weighted by atomic mass is 9.96. The standard InChI is InChI=1S/C18H18FNO.C10H14N2O2/c1-13(21)20-9-5-8-16-11-15(12-17(19)18(16)20)10-14-6-3-2-4-7-14;1-6-4-7(13)5-9(11)8(6)2-3-10(12)14/h2-4,6-7,11-12H,5,8-10H2,1H3;4-5,13H,2-3,11H2,1H3,(H2,12,14). The van der Waals surface area contributed by atoms with E-state index in [0.29, 0.717) is 30.8 Å². The largest absolute Gasteiger partial charge is 0.508 e. The highest BCUT2D eigenvalue weighted by Gasteiger charge is 2.24. The van der Waals surface area contributed by atoms with Crippen molar-refractivity contribution in [1.29, 1.82) is 0 Å². The Bertz CT molecular complexity index is 1190. The number of phenolic OH excluding ortho intramolecular Hbond substituents is 1. The van der Waals surface area contributed by atoms with Crippen molar-refractivity contribution in [2.75, 3.05) is 17.2 Å². The highest BCUT2D eigenvalue weighted by Crippen LogP contribution is 2.32. The van der Waals surface area contributed by atoms with E-state index in [-0.39, 0.29) is 29.8 Å². The van der Waals surface area contributed by atoms with Crippen LogP contribution in [-0.4, -0.2) is 23.5 Å². The molecule has 0 bridgehead atoms. The number of nitrogen functional groups attached to an aromatic ring is 1. The number of anilines is 2. The molecule has 1 aliphatic heterocycles. The van der Waals surface area contributed by atoms with E-state index in [9.17, 15) is 19.1 Å². The van der Waals surface area contributed by atoms with Crippen LogP contribution in [0, 0.1) is 12.7 Å². The molecule has 0 radical (unpaired) electrons. The van der Waals surface area contributed by atoms with E-state index in [2.05, 4.69) is 0 Å². The molecular weight excluding hydrogens is 445 g/mol. The molecule has 35 heavy (non-hydrogen) atoms. The second-order valence-electron chi connectivity index (χ2n) is 8.82. The SMILES string of the molecule is CC(=O)N1CCCc2cc(Cc3ccccc3)cc(F)c21.Cc1cc(O)cc(N)c1CCC(N)=O. The molecule has 2 amide bonds. The number of benzene rings is 3. The Morgan fingerprint density at radius 3 is 2.43 bits per heavy atom. The number of phenols is 1. The van der Waals surface area contributed by atoms with E-state index in [1.807, 2.05) is 43.3 Å². The molecule has 0 aromatic heterocycles. The van der Waals surface area contributed by atoms with Crippen molar-refractivity contribution in [3.63, 3.8) is 0 Å². The fourth-order valence-corrected chi connectivity index (χ4v) is 4.41. The van der Waals surface area contributed by atoms with Crippen LogP contribution in [0.4, 0.5) is 15.8 Å². The van der Waals surface area contributed by atoms with E-state index >= 15 is 0 Å². The zero-order chi connectivity index (χ0) is 25.5. The van der Waals surface area contributed by atoms with Gasteiger partial charge < -0.3 is 21.5 Å². The zero-order valence-electron chi connectivity index (χ0n) is 20.2. The molecule has 0 fully saturated rings. The summed E-state index contributed by atoms with van der Waals surface area (Å²) in [7, 11) is 0. The van der Waals surface area contributed by atoms with Gasteiger partial charge in [-0.25, -0.2) is 4.39 Å². The maximum atomic E-state index is 14.5. The van der Waals surface area contributed by atoms with Gasteiger partial charge in [0.1, 0.15) is 11.6 Å². The van der Waals surface area contributed by atoms with Gasteiger partial charge in [0.25, 0.3) is 0 Å². The number of aryl methyl sites for hydroxylation is 2. The van der Waals surface area contributed by atoms with Crippen molar-refractivity contribution in [1.82, 2.24) is 0 Å². The summed E-state index contributed by atoms with van der Waals surface area (Å²) < 4.78 is 14.5. The number of halogens is 1. The predicted molar refractivity (Wildman–Crippen MR) is 137 cm³/mol. The van der Waals surface area contributed by atoms with Crippen LogP contribution < -0.4 is 16.4 Å². The molecule has 3 aromatic carbocycles. The predicted octanol–water partition coefficient (Wildman–Crippen LogP) is 4.42. The zero-order valence-corrected chi connectivity index (χ0v) is 20.2. The number of amides is 2. The number of nitrogens with zero attached hydrogens (tertiary/aromatic N) is 1. The highest BCUT2D eigenvalue weighted by atomic mass is 19.1. The number of hydrogen-bond donors (Lipinski definition) is 3. The summed E-state index contributed by atoms with van der Waals surface area (Å²) >= 11 is 0. The highest BCUT2D eigenvalue weighted by molar-refractivity contribution is 5.93. The van der Waals surface area contributed by atoms with E-state index in [1.165, 1.54) is 13.0 Å². The van der Waals surface area contributed by atoms with E-state index in [0.717, 1.165) is 40.7 Å². The Hall–Kier alpha value is -3.87. The number of fused-ring (bicyclic) bond motifs is 1. The third-order valence-corrected chi connectivity index (χ3v) is 6.04. The van der Waals surface area contributed by atoms with Crippen LogP contribution in [0.15, 0.2) is 54.6 Å². The smallest absolute Gasteiger partial charge is 0.223 e. The van der Waals surface area contributed by atoms with Gasteiger partial charge in [-0.2, -0.15) is 0 Å². The van der Waals surface area contributed by atoms with Crippen molar-refractivity contribution < 1.29 is 19.1 Å². The molecule has 0 spiro atoms. The first-order valence-corrected chi connectivity index (χ1v) is 11.6. The van der Waals surface area contributed by atoms with Crippen molar-refractivity contribution in [3.05, 3.63) is 88.2 Å². The maximum Gasteiger partial charge on any atom is 0.223 e. The minimum absolute atomic E-state index is 0.0920. The number of primary amides is 1. The Morgan fingerprint density at radius 2 is 1.80 bits per heavy atom. The third-order valence-electron chi connectivity index (χ3n) is 6.04. The van der Waals surface area contributed by atoms with Gasteiger partial charge in [0.15, 0.2) is 0 Å². The minimum Gasteiger partial charge on any atom is -0.508 e. The molecule has 0 atom stereocenters. The lowest BCUT2D eigenvalue weighted by molar-refractivity contribution is -0.118. The summed E-state index contributed by atoms with van der Waals surface area (Å²) in [5.41, 5.74) is 16.5. The average Bonchev–Trinajstić information content (AvgIpc) is 2.79. The fraction of sp³-hybridized carbons (Fsp3) is 0.286. The number of nitrogens with two attached hydrogens (primary N) is 2. The van der Waals surface area contributed by atoms with Crippen LogP contribution >= 0.6 is 0 Å². The first-order valence-electron chi connectivity index (χ1n) is 11.6. The van der Waals surface area contributed by atoms with Gasteiger partial charge in [0.05, 0.1) is 5.69 Å². The first-order chi connectivity index (χ1) is 16.7. The van der Waals surface area contributed by atoms with Gasteiger partial charge >= 0.3 is 0 Å². The number of carbonyl (C=O) groups excluding carboxylic acids is 2. The van der Waals surface area contributed by atoms with E-state index in [4.69, 9.17) is 11.5 Å². The quantitative estimate of drug-likeness (QED) is 0.473. The molecule has 4 rings (SSSR count). The first kappa shape index (κ1) is 25.7. The molecule has 1 aliphatic rings. The molecule has 3 aromatic rings. The Kier molecular flexibility index (Phi) is 8.47. The molecule has 0 saturated carbocycles. The molecule has 1 heterocycles. The van der Waals surface area contributed by atoms with Crippen LogP contribution in [0.1, 0.15) is 47.6 Å². The maximum absolute atomic E-state index is 14.5. The molecule has 5 N–H and O–H groups in total. The lowest BCUT2D eigenvalue weighted by Gasteiger charge is -2.29. The van der Waals surface area contributed by atoms with Gasteiger partial charge in [-0.3, -0.25) is 9.59 Å². The summed E-state index contributed by atoms with van der Waals surface area (Å²) in [5.74, 6) is -0.585. The number of hydrogen-bond acceptors (Lipinski definition) is 4. The van der Waals surface area contributed by atoms with Crippen molar-refractivity contribution in [2.24, 2.45) is 5.73 Å². The normalized spacial score (nSPS) is 12.4. The molecule has 0 aliphatic carbocycles. The van der Waals surface area contributed by atoms with Crippen molar-refractivity contribution in [2.45, 2.75) is 46.0 Å². The number of carbonyl (C=O) groups is 2. The Labute approximate surface area is 205 Å². The lowest BCUT2D eigenvalue weighted by Crippen LogP contribution is -2.34. The molecule has 0 unspecified atom stereocenters. The number of rotatable bonds is 5. The molecular formula is C28H32FN3O3. The molecule has 184 valence electrons. The van der Waals surface area contributed by atoms with Gasteiger partial charge in [-0.05, 0) is 72.6 Å². The van der Waals surface area contributed by atoms with Crippen LogP contribution in [0.25, 0.3) is 0 Å². The summed E-state index contributed by atoms with van der Waals surface area (Å²) in [6.45, 7) is 3.94. The van der Waals surface area contributed by atoms with Crippen molar-refractivity contribution >= 4 is 23.2 Å². The van der Waals surface area contributed by atoms with E-state index < -0.39 is 0 Å². The Morgan fingerprint density at radius 1 is 1.09 bits per heavy atom. The average molecular weight is 478 g/mol. The summed E-state index contributed by atoms with van der Waals surface area (Å²) in [5, 5.41) is 9.22. The molecule has 6 nitrogen and oxygen atoms in total. The van der Waals surface area contributed by atoms with Crippen LogP contribution in [-0.2, 0) is 28.9 Å². The van der Waals surface area contributed by atoms with Gasteiger partial charge in [0.2, 0.25) is 11.8 Å². The summed E-state index contributed by atoms with van der Waals surface area (Å²) in [6.07, 6.45) is 3.23. The fourth-order valence-electron chi connectivity index (χ4n) is 4.41. The van der Waals surface area contributed by atoms with Crippen LogP contribution in [0.5, 0.6) is 5.75 Å². The topological polar surface area (TPSA) is 110 Å². The summed E-state index contributed by atoms with van der Waals surface area (Å²) in [4.78, 5) is 23.8. The molecule has 0 saturated heterocycles. The number of aromatic hydroxyl groups is 1. The summed E-state index contributed by atoms with van der Waals surface area (Å²) in [6, 6.07) is 16.7. The van der Waals surface area contributed by atoms with Crippen LogP contribution in [0.3, 0.4) is 0 Å². The minimum atomic E-state index is -0.350. The molecule has 7 heteroatoms. The van der Waals surface area contributed by atoms with E-state index in [1.54, 1.807) is 17.0 Å². The third kappa shape index (κ3) is 6.82. The van der Waals surface area contributed by atoms with Gasteiger partial charge in [-0.15, -0.1) is 0 Å². The Balaban J connectivity index is 0.000000214. The van der Waals surface area contributed by atoms with Crippen LogP contribution in [0.2, 0.25) is 0 Å².